The molecule has 0 aliphatic carbocycles. The lowest BCUT2D eigenvalue weighted by Gasteiger charge is -2.23. The van der Waals surface area contributed by atoms with Gasteiger partial charge in [0.2, 0.25) is 0 Å². The summed E-state index contributed by atoms with van der Waals surface area (Å²) in [5.41, 5.74) is 0.779. The summed E-state index contributed by atoms with van der Waals surface area (Å²) < 4.78 is 4.80. The Balaban J connectivity index is 1.69. The Morgan fingerprint density at radius 3 is 2.80 bits per heavy atom. The van der Waals surface area contributed by atoms with Gasteiger partial charge < -0.3 is 9.64 Å². The number of carbonyl (C=O) groups excluding carboxylic acids is 1. The molecule has 1 unspecified atom stereocenters. The molecule has 2 aliphatic rings. The number of anilines is 1. The maximum Gasteiger partial charge on any atom is 0.350 e. The molecule has 1 aromatic heterocycles. The molecule has 2 fully saturated rings. The highest BCUT2D eigenvalue weighted by Gasteiger charge is 2.31. The number of hydrogen-bond donors (Lipinski definition) is 0. The number of likely N-dealkylation sites (tertiary alicyclic amines) is 1. The van der Waals surface area contributed by atoms with Crippen molar-refractivity contribution in [3.8, 4) is 0 Å². The summed E-state index contributed by atoms with van der Waals surface area (Å²) in [6.07, 6.45) is 3.87. The number of methoxy groups -OCH3 is 1. The molecule has 0 aromatic carbocycles. The maximum atomic E-state index is 11.7. The Kier molecular flexibility index (Phi) is 3.94. The van der Waals surface area contributed by atoms with Crippen LogP contribution in [-0.2, 0) is 4.74 Å². The van der Waals surface area contributed by atoms with Crippen LogP contribution in [0.4, 0.5) is 5.13 Å². The molecule has 0 amide bonds. The van der Waals surface area contributed by atoms with Crippen LogP contribution in [0.3, 0.4) is 0 Å². The summed E-state index contributed by atoms with van der Waals surface area (Å²) in [5, 5.41) is 0.963. The average Bonchev–Trinajstić information content (AvgIpc) is 3.16. The van der Waals surface area contributed by atoms with Gasteiger partial charge >= 0.3 is 5.97 Å². The van der Waals surface area contributed by atoms with Crippen LogP contribution in [0.25, 0.3) is 0 Å². The molecule has 0 bridgehead atoms. The zero-order valence-corrected chi connectivity index (χ0v) is 12.9. The van der Waals surface area contributed by atoms with E-state index in [1.165, 1.54) is 50.8 Å². The van der Waals surface area contributed by atoms with Crippen LogP contribution in [0, 0.1) is 6.92 Å². The molecule has 6 heteroatoms. The molecule has 0 saturated carbocycles. The highest BCUT2D eigenvalue weighted by molar-refractivity contribution is 7.17. The van der Waals surface area contributed by atoms with E-state index in [4.69, 9.17) is 4.74 Å². The summed E-state index contributed by atoms with van der Waals surface area (Å²) in [7, 11) is 1.42. The number of esters is 1. The van der Waals surface area contributed by atoms with Crippen LogP contribution >= 0.6 is 11.3 Å². The standard InChI is InChI=1S/C14H21N3O2S/c1-10-12(13(18)19-2)20-14(15-10)17-8-5-11(9-17)16-6-3-4-7-16/h11H,3-9H2,1-2H3. The Labute approximate surface area is 123 Å². The number of aryl methyl sites for hydroxylation is 1. The Bertz CT molecular complexity index is 497. The molecule has 3 rings (SSSR count). The first kappa shape index (κ1) is 13.8. The zero-order valence-electron chi connectivity index (χ0n) is 12.1. The molecule has 20 heavy (non-hydrogen) atoms. The van der Waals surface area contributed by atoms with Crippen molar-refractivity contribution in [3.05, 3.63) is 10.6 Å². The Hall–Kier alpha value is -1.14. The number of ether oxygens (including phenoxy) is 1. The van der Waals surface area contributed by atoms with E-state index in [2.05, 4.69) is 14.8 Å². The maximum absolute atomic E-state index is 11.7. The van der Waals surface area contributed by atoms with Gasteiger partial charge in [-0.25, -0.2) is 9.78 Å². The number of rotatable bonds is 3. The van der Waals surface area contributed by atoms with E-state index in [0.717, 1.165) is 23.9 Å². The summed E-state index contributed by atoms with van der Waals surface area (Å²) in [6, 6.07) is 0.656. The van der Waals surface area contributed by atoms with Crippen molar-refractivity contribution in [1.82, 2.24) is 9.88 Å². The van der Waals surface area contributed by atoms with Crippen molar-refractivity contribution in [2.45, 2.75) is 32.2 Å². The first-order valence-corrected chi connectivity index (χ1v) is 8.05. The molecule has 3 heterocycles. The number of thiazole rings is 1. The van der Waals surface area contributed by atoms with Crippen molar-refractivity contribution < 1.29 is 9.53 Å². The minimum absolute atomic E-state index is 0.276. The van der Waals surface area contributed by atoms with Gasteiger partial charge in [0.1, 0.15) is 4.88 Å². The molecule has 5 nitrogen and oxygen atoms in total. The summed E-state index contributed by atoms with van der Waals surface area (Å²) >= 11 is 1.46. The van der Waals surface area contributed by atoms with Crippen molar-refractivity contribution in [2.24, 2.45) is 0 Å². The van der Waals surface area contributed by atoms with E-state index in [1.807, 2.05) is 6.92 Å². The summed E-state index contributed by atoms with van der Waals surface area (Å²) in [6.45, 7) is 6.42. The third-order valence-corrected chi connectivity index (χ3v) is 5.45. The lowest BCUT2D eigenvalue weighted by atomic mass is 10.2. The highest BCUT2D eigenvalue weighted by atomic mass is 32.1. The smallest absolute Gasteiger partial charge is 0.350 e. The number of aromatic nitrogens is 1. The third kappa shape index (κ3) is 2.54. The number of nitrogens with zero attached hydrogens (tertiary/aromatic N) is 3. The molecular weight excluding hydrogens is 274 g/mol. The minimum Gasteiger partial charge on any atom is -0.465 e. The van der Waals surface area contributed by atoms with E-state index in [1.54, 1.807) is 0 Å². The lowest BCUT2D eigenvalue weighted by molar-refractivity contribution is 0.0605. The monoisotopic (exact) mass is 295 g/mol. The molecular formula is C14H21N3O2S. The quantitative estimate of drug-likeness (QED) is 0.797. The lowest BCUT2D eigenvalue weighted by Crippen LogP contribution is -2.35. The first-order valence-electron chi connectivity index (χ1n) is 7.24. The molecule has 0 spiro atoms. The van der Waals surface area contributed by atoms with Gasteiger partial charge in [0.25, 0.3) is 0 Å². The van der Waals surface area contributed by atoms with Crippen LogP contribution in [-0.4, -0.2) is 55.2 Å². The predicted octanol–water partition coefficient (Wildman–Crippen LogP) is 1.91. The zero-order chi connectivity index (χ0) is 14.1. The normalized spacial score (nSPS) is 23.5. The van der Waals surface area contributed by atoms with Crippen LogP contribution in [0.1, 0.15) is 34.6 Å². The van der Waals surface area contributed by atoms with E-state index in [0.29, 0.717) is 10.9 Å². The fourth-order valence-corrected chi connectivity index (χ4v) is 4.14. The largest absolute Gasteiger partial charge is 0.465 e. The highest BCUT2D eigenvalue weighted by Crippen LogP contribution is 2.31. The van der Waals surface area contributed by atoms with Gasteiger partial charge in [-0.15, -0.1) is 0 Å². The molecule has 1 aromatic rings. The predicted molar refractivity (Wildman–Crippen MR) is 79.6 cm³/mol. The second-order valence-corrected chi connectivity index (χ2v) is 6.51. The van der Waals surface area contributed by atoms with Crippen molar-refractivity contribution in [2.75, 3.05) is 38.2 Å². The topological polar surface area (TPSA) is 45.7 Å². The molecule has 0 N–H and O–H groups in total. The first-order chi connectivity index (χ1) is 9.69. The molecule has 0 radical (unpaired) electrons. The second-order valence-electron chi connectivity index (χ2n) is 5.53. The number of hydrogen-bond acceptors (Lipinski definition) is 6. The van der Waals surface area contributed by atoms with Gasteiger partial charge in [0.05, 0.1) is 12.8 Å². The average molecular weight is 295 g/mol. The molecule has 110 valence electrons. The Morgan fingerprint density at radius 1 is 1.35 bits per heavy atom. The van der Waals surface area contributed by atoms with Gasteiger partial charge in [-0.1, -0.05) is 11.3 Å². The van der Waals surface area contributed by atoms with E-state index in [9.17, 15) is 4.79 Å². The van der Waals surface area contributed by atoms with Gasteiger partial charge in [-0.3, -0.25) is 4.90 Å². The van der Waals surface area contributed by atoms with Crippen LogP contribution in [0.2, 0.25) is 0 Å². The van der Waals surface area contributed by atoms with E-state index < -0.39 is 0 Å². The van der Waals surface area contributed by atoms with Gasteiger partial charge in [-0.05, 0) is 39.3 Å². The van der Waals surface area contributed by atoms with Gasteiger partial charge in [-0.2, -0.15) is 0 Å². The number of carbonyl (C=O) groups is 1. The van der Waals surface area contributed by atoms with E-state index >= 15 is 0 Å². The summed E-state index contributed by atoms with van der Waals surface area (Å²) in [5.74, 6) is -0.276. The second kappa shape index (κ2) is 5.69. The third-order valence-electron chi connectivity index (χ3n) is 4.25. The van der Waals surface area contributed by atoms with Crippen LogP contribution < -0.4 is 4.90 Å². The van der Waals surface area contributed by atoms with Crippen molar-refractivity contribution >= 4 is 22.4 Å². The SMILES string of the molecule is COC(=O)c1sc(N2CCC(N3CCCC3)C2)nc1C. The minimum atomic E-state index is -0.276. The van der Waals surface area contributed by atoms with E-state index in [-0.39, 0.29) is 5.97 Å². The van der Waals surface area contributed by atoms with Gasteiger partial charge in [0, 0.05) is 19.1 Å². The Morgan fingerprint density at radius 2 is 2.10 bits per heavy atom. The van der Waals surface area contributed by atoms with Gasteiger partial charge in [0.15, 0.2) is 5.13 Å². The summed E-state index contributed by atoms with van der Waals surface area (Å²) in [4.78, 5) is 21.7. The van der Waals surface area contributed by atoms with Crippen LogP contribution in [0.5, 0.6) is 0 Å². The fourth-order valence-electron chi connectivity index (χ4n) is 3.12. The van der Waals surface area contributed by atoms with Crippen LogP contribution in [0.15, 0.2) is 0 Å². The molecule has 2 saturated heterocycles. The molecule has 2 aliphatic heterocycles. The molecule has 1 atom stereocenters. The van der Waals surface area contributed by atoms with Crippen molar-refractivity contribution in [1.29, 1.82) is 0 Å². The van der Waals surface area contributed by atoms with Crippen molar-refractivity contribution in [3.63, 3.8) is 0 Å². The fraction of sp³-hybridized carbons (Fsp3) is 0.714.